The Bertz CT molecular complexity index is 576. The van der Waals surface area contributed by atoms with Crippen LogP contribution in [-0.4, -0.2) is 48.3 Å². The number of aryl methyl sites for hydroxylation is 1. The first-order valence-electron chi connectivity index (χ1n) is 5.49. The van der Waals surface area contributed by atoms with Crippen LogP contribution in [0.4, 0.5) is 0 Å². The highest BCUT2D eigenvalue weighted by molar-refractivity contribution is 9.11. The monoisotopic (exact) mass is 352 g/mol. The van der Waals surface area contributed by atoms with Gasteiger partial charge < -0.3 is 4.90 Å². The van der Waals surface area contributed by atoms with Gasteiger partial charge in [-0.15, -0.1) is 11.3 Å². The van der Waals surface area contributed by atoms with Gasteiger partial charge in [-0.3, -0.25) is 4.79 Å². The molecule has 1 aliphatic heterocycles. The summed E-state index contributed by atoms with van der Waals surface area (Å²) in [6.45, 7) is 4.00. The van der Waals surface area contributed by atoms with Gasteiger partial charge in [-0.2, -0.15) is 0 Å². The van der Waals surface area contributed by atoms with Crippen LogP contribution < -0.4 is 0 Å². The minimum Gasteiger partial charge on any atom is -0.335 e. The Labute approximate surface area is 118 Å². The van der Waals surface area contributed by atoms with Gasteiger partial charge in [0.2, 0.25) is 0 Å². The van der Waals surface area contributed by atoms with Gasteiger partial charge in [0.15, 0.2) is 15.5 Å². The number of carbonyl (C=O) groups excluding carboxylic acids is 1. The first-order chi connectivity index (χ1) is 8.35. The van der Waals surface area contributed by atoms with Crippen molar-refractivity contribution < 1.29 is 13.2 Å². The fourth-order valence-corrected chi connectivity index (χ4v) is 4.62. The number of nitrogens with zero attached hydrogens (tertiary/aromatic N) is 2. The topological polar surface area (TPSA) is 67.3 Å². The van der Waals surface area contributed by atoms with E-state index in [4.69, 9.17) is 0 Å². The lowest BCUT2D eigenvalue weighted by Gasteiger charge is -2.38. The molecule has 0 unspecified atom stereocenters. The van der Waals surface area contributed by atoms with E-state index >= 15 is 0 Å². The standard InChI is InChI=1S/C10H13BrN2O3S2/c1-3-18(15,16)7-4-13(5-7)10(14)8-9(11)17-6(2)12-8/h7H,3-5H2,1-2H3. The van der Waals surface area contributed by atoms with E-state index in [-0.39, 0.29) is 24.7 Å². The summed E-state index contributed by atoms with van der Waals surface area (Å²) < 4.78 is 23.9. The number of hydrogen-bond donors (Lipinski definition) is 0. The van der Waals surface area contributed by atoms with Gasteiger partial charge >= 0.3 is 0 Å². The van der Waals surface area contributed by atoms with Crippen LogP contribution in [0.1, 0.15) is 22.4 Å². The van der Waals surface area contributed by atoms with E-state index in [1.807, 2.05) is 6.92 Å². The number of thiazole rings is 1. The Morgan fingerprint density at radius 3 is 2.61 bits per heavy atom. The molecular formula is C10H13BrN2O3S2. The summed E-state index contributed by atoms with van der Waals surface area (Å²) in [5.74, 6) is -0.0760. The molecule has 1 aromatic rings. The second-order valence-corrected chi connectivity index (χ2v) is 9.23. The van der Waals surface area contributed by atoms with Crippen molar-refractivity contribution in [1.29, 1.82) is 0 Å². The third kappa shape index (κ3) is 2.46. The maximum Gasteiger partial charge on any atom is 0.274 e. The van der Waals surface area contributed by atoms with Crippen molar-refractivity contribution in [3.63, 3.8) is 0 Å². The molecule has 8 heteroatoms. The highest BCUT2D eigenvalue weighted by atomic mass is 79.9. The predicted molar refractivity (Wildman–Crippen MR) is 73.7 cm³/mol. The molecule has 100 valence electrons. The molecule has 1 amide bonds. The number of rotatable bonds is 3. The van der Waals surface area contributed by atoms with Gasteiger partial charge in [-0.05, 0) is 22.9 Å². The molecule has 0 atom stereocenters. The second-order valence-electron chi connectivity index (χ2n) is 4.14. The number of likely N-dealkylation sites (tertiary alicyclic amines) is 1. The van der Waals surface area contributed by atoms with Crippen molar-refractivity contribution in [2.75, 3.05) is 18.8 Å². The van der Waals surface area contributed by atoms with Crippen LogP contribution in [0.25, 0.3) is 0 Å². The van der Waals surface area contributed by atoms with Gasteiger partial charge in [0.05, 0.1) is 10.3 Å². The molecule has 2 rings (SSSR count). The second kappa shape index (κ2) is 4.90. The summed E-state index contributed by atoms with van der Waals surface area (Å²) >= 11 is 4.70. The van der Waals surface area contributed by atoms with E-state index in [1.54, 1.807) is 6.92 Å². The molecule has 0 saturated carbocycles. The van der Waals surface area contributed by atoms with Crippen LogP contribution in [0.15, 0.2) is 3.79 Å². The highest BCUT2D eigenvalue weighted by Crippen LogP contribution is 2.27. The Kier molecular flexibility index (Phi) is 3.80. The average molecular weight is 353 g/mol. The molecule has 0 radical (unpaired) electrons. The lowest BCUT2D eigenvalue weighted by Crippen LogP contribution is -2.57. The maximum absolute atomic E-state index is 12.1. The van der Waals surface area contributed by atoms with E-state index in [0.717, 1.165) is 5.01 Å². The molecule has 5 nitrogen and oxygen atoms in total. The molecule has 0 spiro atoms. The van der Waals surface area contributed by atoms with Crippen LogP contribution in [-0.2, 0) is 9.84 Å². The van der Waals surface area contributed by atoms with Crippen molar-refractivity contribution in [3.8, 4) is 0 Å². The largest absolute Gasteiger partial charge is 0.335 e. The molecule has 1 fully saturated rings. The van der Waals surface area contributed by atoms with E-state index in [1.165, 1.54) is 16.2 Å². The number of halogens is 1. The number of sulfone groups is 1. The zero-order chi connectivity index (χ0) is 13.5. The van der Waals surface area contributed by atoms with Crippen LogP contribution in [0.3, 0.4) is 0 Å². The summed E-state index contributed by atoms with van der Waals surface area (Å²) in [5.41, 5.74) is 0.379. The van der Waals surface area contributed by atoms with Crippen LogP contribution in [0.2, 0.25) is 0 Å². The van der Waals surface area contributed by atoms with Crippen molar-refractivity contribution in [1.82, 2.24) is 9.88 Å². The van der Waals surface area contributed by atoms with Gasteiger partial charge in [-0.1, -0.05) is 6.92 Å². The Balaban J connectivity index is 2.05. The average Bonchev–Trinajstić information content (AvgIpc) is 2.55. The van der Waals surface area contributed by atoms with Gasteiger partial charge in [0, 0.05) is 18.8 Å². The molecule has 1 aromatic heterocycles. The van der Waals surface area contributed by atoms with E-state index in [0.29, 0.717) is 9.48 Å². The number of carbonyl (C=O) groups is 1. The molecule has 1 saturated heterocycles. The summed E-state index contributed by atoms with van der Waals surface area (Å²) in [5, 5.41) is 0.397. The Morgan fingerprint density at radius 2 is 2.17 bits per heavy atom. The van der Waals surface area contributed by atoms with Crippen molar-refractivity contribution in [2.45, 2.75) is 19.1 Å². The SMILES string of the molecule is CCS(=O)(=O)C1CN(C(=O)c2nc(C)sc2Br)C1. The lowest BCUT2D eigenvalue weighted by molar-refractivity contribution is 0.0652. The molecule has 2 heterocycles. The van der Waals surface area contributed by atoms with Crippen LogP contribution >= 0.6 is 27.3 Å². The number of hydrogen-bond acceptors (Lipinski definition) is 5. The van der Waals surface area contributed by atoms with Crippen LogP contribution in [0, 0.1) is 6.92 Å². The summed E-state index contributed by atoms with van der Waals surface area (Å²) in [6.07, 6.45) is 0. The molecule has 0 aromatic carbocycles. The minimum atomic E-state index is -3.04. The molecule has 18 heavy (non-hydrogen) atoms. The van der Waals surface area contributed by atoms with E-state index in [2.05, 4.69) is 20.9 Å². The predicted octanol–water partition coefficient (Wildman–Crippen LogP) is 1.47. The molecule has 1 aliphatic rings. The smallest absolute Gasteiger partial charge is 0.274 e. The normalized spacial score (nSPS) is 16.7. The zero-order valence-electron chi connectivity index (χ0n) is 10.0. The lowest BCUT2D eigenvalue weighted by atomic mass is 10.2. The van der Waals surface area contributed by atoms with Gasteiger partial charge in [0.25, 0.3) is 5.91 Å². The molecule has 0 bridgehead atoms. The van der Waals surface area contributed by atoms with Crippen molar-refractivity contribution in [2.24, 2.45) is 0 Å². The first-order valence-corrected chi connectivity index (χ1v) is 8.81. The van der Waals surface area contributed by atoms with Crippen LogP contribution in [0.5, 0.6) is 0 Å². The van der Waals surface area contributed by atoms with E-state index < -0.39 is 15.1 Å². The van der Waals surface area contributed by atoms with Crippen molar-refractivity contribution in [3.05, 3.63) is 14.5 Å². The Morgan fingerprint density at radius 1 is 1.56 bits per heavy atom. The van der Waals surface area contributed by atoms with Crippen molar-refractivity contribution >= 4 is 43.0 Å². The number of amides is 1. The maximum atomic E-state index is 12.1. The Hall–Kier alpha value is -0.470. The van der Waals surface area contributed by atoms with Gasteiger partial charge in [0.1, 0.15) is 3.79 Å². The molecular weight excluding hydrogens is 340 g/mol. The van der Waals surface area contributed by atoms with E-state index in [9.17, 15) is 13.2 Å². The highest BCUT2D eigenvalue weighted by Gasteiger charge is 2.39. The third-order valence-corrected chi connectivity index (χ3v) is 6.68. The summed E-state index contributed by atoms with van der Waals surface area (Å²) in [4.78, 5) is 17.7. The third-order valence-electron chi connectivity index (χ3n) is 2.94. The fraction of sp³-hybridized carbons (Fsp3) is 0.600. The number of aromatic nitrogens is 1. The zero-order valence-corrected chi connectivity index (χ0v) is 13.2. The molecule has 0 aliphatic carbocycles. The molecule has 0 N–H and O–H groups in total. The first kappa shape index (κ1) is 14.0. The quantitative estimate of drug-likeness (QED) is 0.826. The minimum absolute atomic E-state index is 0.124. The fourth-order valence-electron chi connectivity index (χ4n) is 1.75. The summed E-state index contributed by atoms with van der Waals surface area (Å²) in [7, 11) is -3.04. The summed E-state index contributed by atoms with van der Waals surface area (Å²) in [6, 6.07) is 0. The van der Waals surface area contributed by atoms with Gasteiger partial charge in [-0.25, -0.2) is 13.4 Å².